The van der Waals surface area contributed by atoms with Gasteiger partial charge in [-0.15, -0.1) is 0 Å². The molecule has 26 heavy (non-hydrogen) atoms. The van der Waals surface area contributed by atoms with Gasteiger partial charge in [0.15, 0.2) is 5.88 Å². The van der Waals surface area contributed by atoms with E-state index in [1.807, 2.05) is 6.92 Å². The van der Waals surface area contributed by atoms with Gasteiger partial charge in [-0.05, 0) is 20.3 Å². The first-order valence-corrected chi connectivity index (χ1v) is 6.90. The van der Waals surface area contributed by atoms with Gasteiger partial charge in [-0.1, -0.05) is 73.8 Å². The van der Waals surface area contributed by atoms with Gasteiger partial charge in [0.2, 0.25) is 6.73 Å². The van der Waals surface area contributed by atoms with Gasteiger partial charge in [0.25, 0.3) is 0 Å². The fourth-order valence-corrected chi connectivity index (χ4v) is 1.97. The molecule has 0 radical (unpaired) electrons. The van der Waals surface area contributed by atoms with E-state index < -0.39 is 27.4 Å². The maximum atomic E-state index is 11.6. The fraction of sp³-hybridized carbons (Fsp3) is 0.947. The van der Waals surface area contributed by atoms with Gasteiger partial charge >= 0.3 is 5.97 Å². The number of carbonyl (C=O) groups excluding carboxylic acids is 1. The molecule has 0 heterocycles. The van der Waals surface area contributed by atoms with Crippen LogP contribution in [0.1, 0.15) is 94.0 Å². The molecule has 0 N–H and O–H groups in total. The topological polar surface area (TPSA) is 83.5 Å². The zero-order chi connectivity index (χ0) is 13.9. The van der Waals surface area contributed by atoms with Gasteiger partial charge in [-0.3, -0.25) is 9.28 Å². The number of carbonyl (C=O) groups is 1. The average Bonchev–Trinajstić information content (AvgIpc) is 2.10. The summed E-state index contributed by atoms with van der Waals surface area (Å²) in [5.74, 6) is -0.998. The van der Waals surface area contributed by atoms with Crippen LogP contribution in [0.2, 0.25) is 0 Å². The van der Waals surface area contributed by atoms with Crippen molar-refractivity contribution in [3.8, 4) is 0 Å². The quantitative estimate of drug-likeness (QED) is 0.224. The molecule has 0 spiro atoms. The van der Waals surface area contributed by atoms with Crippen molar-refractivity contribution in [3.63, 3.8) is 0 Å². The molecule has 0 aliphatic heterocycles. The molecular weight excluding hydrogens is 354 g/mol. The first-order valence-electron chi connectivity index (χ1n) is 5.32. The lowest BCUT2D eigenvalue weighted by molar-refractivity contribution is -0.896. The fourth-order valence-electron chi connectivity index (χ4n) is 1.04. The van der Waals surface area contributed by atoms with Crippen molar-refractivity contribution < 1.29 is 27.0 Å². The van der Waals surface area contributed by atoms with Gasteiger partial charge in [0.1, 0.15) is 10.1 Å². The zero-order valence-electron chi connectivity index (χ0n) is 11.0. The summed E-state index contributed by atoms with van der Waals surface area (Å²) in [6.07, 6.45) is 0.624. The molecular formula is C19H57NO5S. The van der Waals surface area contributed by atoms with Crippen LogP contribution in [0.25, 0.3) is 0 Å². The summed E-state index contributed by atoms with van der Waals surface area (Å²) in [5, 5.41) is 0. The van der Waals surface area contributed by atoms with Gasteiger partial charge in [-0.25, -0.2) is 8.42 Å². The van der Waals surface area contributed by atoms with Crippen molar-refractivity contribution in [2.24, 2.45) is 5.41 Å². The number of rotatable bonds is 6. The van der Waals surface area contributed by atoms with Crippen molar-refractivity contribution in [1.29, 1.82) is 0 Å². The van der Waals surface area contributed by atoms with Gasteiger partial charge in [0, 0.05) is 0 Å². The van der Waals surface area contributed by atoms with Crippen molar-refractivity contribution in [2.75, 3.05) is 26.7 Å². The van der Waals surface area contributed by atoms with E-state index >= 15 is 0 Å². The van der Waals surface area contributed by atoms with E-state index in [1.165, 1.54) is 14.1 Å². The SMILES string of the molecule is C.C.C.C.C.C.C.C.C.CCC(C)(C)C(=O)OC[N+](C)(C)CS(=O)(=O)[O-]. The molecule has 0 bridgehead atoms. The van der Waals surface area contributed by atoms with Gasteiger partial charge < -0.3 is 9.29 Å². The molecule has 0 aromatic heterocycles. The molecule has 0 atom stereocenters. The Kier molecular flexibility index (Phi) is 54.9. The summed E-state index contributed by atoms with van der Waals surface area (Å²) in [4.78, 5) is 11.6. The number of hydrogen-bond donors (Lipinski definition) is 0. The standard InChI is InChI=1S/C10H21NO5S.9CH4/c1-6-10(2,3)9(12)16-7-11(4,5)8-17(13,14)15;;;;;;;;;/h6-8H2,1-5H3;9*1H4. The first-order chi connectivity index (χ1) is 7.40. The molecule has 0 aliphatic carbocycles. The van der Waals surface area contributed by atoms with Crippen molar-refractivity contribution in [1.82, 2.24) is 0 Å². The maximum absolute atomic E-state index is 11.6. The normalized spacial score (nSPS) is 8.85. The van der Waals surface area contributed by atoms with Crippen LogP contribution in [0.4, 0.5) is 0 Å². The summed E-state index contributed by atoms with van der Waals surface area (Å²) >= 11 is 0. The van der Waals surface area contributed by atoms with E-state index in [0.717, 1.165) is 0 Å². The van der Waals surface area contributed by atoms with E-state index in [1.54, 1.807) is 13.8 Å². The number of nitrogens with zero attached hydrogens (tertiary/aromatic N) is 1. The van der Waals surface area contributed by atoms with Crippen LogP contribution in [-0.4, -0.2) is 50.1 Å². The minimum absolute atomic E-state index is 0. The molecule has 0 rings (SSSR count). The Morgan fingerprint density at radius 3 is 1.46 bits per heavy atom. The second-order valence-electron chi connectivity index (χ2n) is 5.42. The Balaban J connectivity index is -0.0000000356. The molecule has 174 valence electrons. The Labute approximate surface area is 169 Å². The van der Waals surface area contributed by atoms with Crippen LogP contribution in [0.5, 0.6) is 0 Å². The molecule has 0 fully saturated rings. The Hall–Kier alpha value is -0.660. The van der Waals surface area contributed by atoms with E-state index in [4.69, 9.17) is 4.74 Å². The predicted octanol–water partition coefficient (Wildman–Crippen LogP) is 6.23. The van der Waals surface area contributed by atoms with Crippen LogP contribution in [0.3, 0.4) is 0 Å². The minimum Gasteiger partial charge on any atom is -0.744 e. The molecule has 0 saturated heterocycles. The van der Waals surface area contributed by atoms with Crippen LogP contribution < -0.4 is 0 Å². The van der Waals surface area contributed by atoms with Crippen molar-refractivity contribution >= 4 is 16.1 Å². The number of hydrogen-bond acceptors (Lipinski definition) is 5. The molecule has 0 saturated carbocycles. The van der Waals surface area contributed by atoms with E-state index in [9.17, 15) is 17.8 Å². The Morgan fingerprint density at radius 2 is 1.23 bits per heavy atom. The third kappa shape index (κ3) is 28.2. The smallest absolute Gasteiger partial charge is 0.315 e. The largest absolute Gasteiger partial charge is 0.744 e. The molecule has 0 amide bonds. The summed E-state index contributed by atoms with van der Waals surface area (Å²) in [5.41, 5.74) is -0.601. The lowest BCUT2D eigenvalue weighted by Crippen LogP contribution is -2.46. The molecule has 0 unspecified atom stereocenters. The highest BCUT2D eigenvalue weighted by Gasteiger charge is 2.29. The van der Waals surface area contributed by atoms with Crippen LogP contribution in [-0.2, 0) is 19.6 Å². The maximum Gasteiger partial charge on any atom is 0.315 e. The average molecular weight is 412 g/mol. The van der Waals surface area contributed by atoms with Crippen LogP contribution >= 0.6 is 0 Å². The lowest BCUT2D eigenvalue weighted by atomic mass is 9.91. The molecule has 6 nitrogen and oxygen atoms in total. The lowest BCUT2D eigenvalue weighted by Gasteiger charge is -2.31. The van der Waals surface area contributed by atoms with E-state index in [-0.39, 0.29) is 78.1 Å². The van der Waals surface area contributed by atoms with Crippen LogP contribution in [0, 0.1) is 5.41 Å². The van der Waals surface area contributed by atoms with Gasteiger partial charge in [0.05, 0.1) is 19.5 Å². The third-order valence-corrected chi connectivity index (χ3v) is 3.50. The summed E-state index contributed by atoms with van der Waals surface area (Å²) in [7, 11) is -1.31. The molecule has 7 heteroatoms. The molecule has 0 aromatic rings. The minimum atomic E-state index is -4.34. The predicted molar refractivity (Wildman–Crippen MR) is 122 cm³/mol. The summed E-state index contributed by atoms with van der Waals surface area (Å²) in [6, 6.07) is 0. The monoisotopic (exact) mass is 411 g/mol. The highest BCUT2D eigenvalue weighted by molar-refractivity contribution is 7.85. The van der Waals surface area contributed by atoms with E-state index in [2.05, 4.69) is 0 Å². The third-order valence-electron chi connectivity index (χ3n) is 2.49. The molecule has 0 aromatic carbocycles. The van der Waals surface area contributed by atoms with Crippen molar-refractivity contribution in [2.45, 2.75) is 94.0 Å². The Morgan fingerprint density at radius 1 is 0.923 bits per heavy atom. The summed E-state index contributed by atoms with van der Waals surface area (Å²) in [6.45, 7) is 5.23. The van der Waals surface area contributed by atoms with Crippen molar-refractivity contribution in [3.05, 3.63) is 0 Å². The Bertz CT molecular complexity index is 377. The first kappa shape index (κ1) is 63.8. The number of ether oxygens (including phenoxy) is 1. The molecule has 0 aliphatic rings. The highest BCUT2D eigenvalue weighted by Crippen LogP contribution is 2.21. The highest BCUT2D eigenvalue weighted by atomic mass is 32.2. The summed E-state index contributed by atoms with van der Waals surface area (Å²) < 4.78 is 36.7. The zero-order valence-corrected chi connectivity index (χ0v) is 11.8. The number of quaternary nitrogens is 1. The second-order valence-corrected chi connectivity index (χ2v) is 6.79. The number of esters is 1. The van der Waals surface area contributed by atoms with Crippen LogP contribution in [0.15, 0.2) is 0 Å². The van der Waals surface area contributed by atoms with Gasteiger partial charge in [-0.2, -0.15) is 0 Å². The second kappa shape index (κ2) is 22.4. The van der Waals surface area contributed by atoms with E-state index in [0.29, 0.717) is 6.42 Å².